The predicted octanol–water partition coefficient (Wildman–Crippen LogP) is 1.82. The minimum absolute atomic E-state index is 0.0878. The molecule has 1 aliphatic heterocycles. The summed E-state index contributed by atoms with van der Waals surface area (Å²) in [6.45, 7) is 4.27. The van der Waals surface area contributed by atoms with E-state index in [1.54, 1.807) is 6.92 Å². The molecule has 9 heteroatoms. The average molecular weight is 392 g/mol. The van der Waals surface area contributed by atoms with E-state index < -0.39 is 42.1 Å². The number of ether oxygens (including phenoxy) is 4. The van der Waals surface area contributed by atoms with Crippen LogP contribution in [0.3, 0.4) is 0 Å². The Bertz CT molecular complexity index is 608. The summed E-state index contributed by atoms with van der Waals surface area (Å²) in [5, 5.41) is 0. The van der Waals surface area contributed by atoms with Gasteiger partial charge in [-0.3, -0.25) is 0 Å². The minimum Gasteiger partial charge on any atom is -0.484 e. The summed E-state index contributed by atoms with van der Waals surface area (Å²) in [6, 6.07) is 3.65. The number of cyclic esters (lactones) is 1. The molecule has 27 heavy (non-hydrogen) atoms. The van der Waals surface area contributed by atoms with Gasteiger partial charge in [0, 0.05) is 6.61 Å². The topological polar surface area (TPSA) is 81.6 Å². The average Bonchev–Trinajstić information content (AvgIpc) is 2.65. The molecule has 1 aromatic rings. The maximum Gasteiger partial charge on any atom is 0.416 e. The molecule has 0 amide bonds. The van der Waals surface area contributed by atoms with Gasteiger partial charge in [0.2, 0.25) is 6.04 Å². The Balaban J connectivity index is 2.21. The second-order valence-electron chi connectivity index (χ2n) is 6.39. The fourth-order valence-electron chi connectivity index (χ4n) is 2.60. The van der Waals surface area contributed by atoms with Crippen molar-refractivity contribution in [3.63, 3.8) is 0 Å². The number of rotatable bonds is 5. The van der Waals surface area contributed by atoms with Gasteiger partial charge in [-0.2, -0.15) is 13.2 Å². The van der Waals surface area contributed by atoms with E-state index in [4.69, 9.17) is 18.9 Å². The summed E-state index contributed by atoms with van der Waals surface area (Å²) >= 11 is 0. The molecule has 0 aromatic heterocycles. The Morgan fingerprint density at radius 2 is 1.89 bits per heavy atom. The molecule has 2 rings (SSSR count). The van der Waals surface area contributed by atoms with Crippen molar-refractivity contribution in [2.45, 2.75) is 50.8 Å². The molecule has 0 unspecified atom stereocenters. The molecule has 1 heterocycles. The molecule has 1 saturated heterocycles. The van der Waals surface area contributed by atoms with Gasteiger partial charge in [-0.05, 0) is 37.6 Å². The van der Waals surface area contributed by atoms with Gasteiger partial charge in [0.25, 0.3) is 0 Å². The second-order valence-corrected chi connectivity index (χ2v) is 6.39. The third kappa shape index (κ3) is 6.08. The van der Waals surface area contributed by atoms with Gasteiger partial charge in [0.1, 0.15) is 24.6 Å². The fraction of sp³-hybridized carbons (Fsp3) is 0.611. The van der Waals surface area contributed by atoms with Gasteiger partial charge in [0.15, 0.2) is 6.10 Å². The molecule has 0 spiro atoms. The van der Waals surface area contributed by atoms with Crippen molar-refractivity contribution in [2.24, 2.45) is 0 Å². The summed E-state index contributed by atoms with van der Waals surface area (Å²) in [4.78, 5) is 12.0. The lowest BCUT2D eigenvalue weighted by atomic mass is 10.1. The van der Waals surface area contributed by atoms with Crippen LogP contribution in [0.4, 0.5) is 13.2 Å². The zero-order chi connectivity index (χ0) is 20.0. The number of carbonyl (C=O) groups excluding carboxylic acids is 1. The highest BCUT2D eigenvalue weighted by Gasteiger charge is 2.37. The standard InChI is InChI=1S/C18H24F3NO5/c1-3-8-25-15-10-24-9-14(22)17(23)26-11(2)16(15)27-13-6-4-12(5-7-13)18(19,20)21/h4-7,11,14-16H,3,8-10,22H2,1-2H3/p+1/t11-,14-,15-,16-/m0/s1. The van der Waals surface area contributed by atoms with Crippen LogP contribution >= 0.6 is 0 Å². The fourth-order valence-corrected chi connectivity index (χ4v) is 2.60. The highest BCUT2D eigenvalue weighted by Crippen LogP contribution is 2.31. The number of alkyl halides is 3. The minimum atomic E-state index is -4.43. The van der Waals surface area contributed by atoms with E-state index in [-0.39, 0.29) is 19.0 Å². The SMILES string of the molecule is CCCO[C@H]1COC[C@H]([NH3+])C(=O)O[C@@H](C)[C@@H]1Oc1ccc(C(F)(F)F)cc1. The van der Waals surface area contributed by atoms with Crippen LogP contribution in [0, 0.1) is 0 Å². The summed E-state index contributed by atoms with van der Waals surface area (Å²) in [6.07, 6.45) is -5.67. The lowest BCUT2D eigenvalue weighted by Gasteiger charge is -2.31. The largest absolute Gasteiger partial charge is 0.484 e. The number of hydrogen-bond acceptors (Lipinski definition) is 5. The Labute approximate surface area is 155 Å². The molecular weight excluding hydrogens is 367 g/mol. The normalized spacial score (nSPS) is 27.3. The molecule has 0 radical (unpaired) electrons. The summed E-state index contributed by atoms with van der Waals surface area (Å²) in [5.41, 5.74) is 2.93. The van der Waals surface area contributed by atoms with Gasteiger partial charge in [0.05, 0.1) is 12.2 Å². The van der Waals surface area contributed by atoms with E-state index in [1.165, 1.54) is 12.1 Å². The van der Waals surface area contributed by atoms with E-state index in [1.807, 2.05) is 6.92 Å². The number of hydrogen-bond donors (Lipinski definition) is 1. The zero-order valence-electron chi connectivity index (χ0n) is 15.3. The smallest absolute Gasteiger partial charge is 0.416 e. The van der Waals surface area contributed by atoms with Gasteiger partial charge in [-0.25, -0.2) is 4.79 Å². The van der Waals surface area contributed by atoms with Crippen molar-refractivity contribution < 1.29 is 42.6 Å². The third-order valence-electron chi connectivity index (χ3n) is 4.06. The van der Waals surface area contributed by atoms with E-state index in [0.717, 1.165) is 18.6 Å². The predicted molar refractivity (Wildman–Crippen MR) is 88.9 cm³/mol. The molecule has 3 N–H and O–H groups in total. The Morgan fingerprint density at radius 3 is 2.48 bits per heavy atom. The number of esters is 1. The van der Waals surface area contributed by atoms with Crippen molar-refractivity contribution >= 4 is 5.97 Å². The van der Waals surface area contributed by atoms with Crippen molar-refractivity contribution in [2.75, 3.05) is 19.8 Å². The van der Waals surface area contributed by atoms with Gasteiger partial charge in [-0.1, -0.05) is 6.92 Å². The van der Waals surface area contributed by atoms with Crippen LogP contribution in [0.5, 0.6) is 5.75 Å². The van der Waals surface area contributed by atoms with Crippen molar-refractivity contribution in [3.8, 4) is 5.75 Å². The van der Waals surface area contributed by atoms with Gasteiger partial charge in [-0.15, -0.1) is 0 Å². The number of carbonyl (C=O) groups is 1. The first-order valence-electron chi connectivity index (χ1n) is 8.79. The molecule has 0 saturated carbocycles. The monoisotopic (exact) mass is 392 g/mol. The van der Waals surface area contributed by atoms with Crippen LogP contribution in [0.15, 0.2) is 24.3 Å². The van der Waals surface area contributed by atoms with E-state index in [2.05, 4.69) is 5.73 Å². The van der Waals surface area contributed by atoms with Gasteiger partial charge < -0.3 is 24.7 Å². The Kier molecular flexibility index (Phi) is 7.46. The first-order chi connectivity index (χ1) is 12.7. The van der Waals surface area contributed by atoms with Crippen LogP contribution in [-0.2, 0) is 25.2 Å². The Morgan fingerprint density at radius 1 is 1.22 bits per heavy atom. The lowest BCUT2D eigenvalue weighted by Crippen LogP contribution is -2.67. The van der Waals surface area contributed by atoms with E-state index >= 15 is 0 Å². The molecule has 1 fully saturated rings. The van der Waals surface area contributed by atoms with Crippen molar-refractivity contribution in [1.29, 1.82) is 0 Å². The van der Waals surface area contributed by atoms with Crippen molar-refractivity contribution in [3.05, 3.63) is 29.8 Å². The van der Waals surface area contributed by atoms with Gasteiger partial charge >= 0.3 is 12.1 Å². The summed E-state index contributed by atoms with van der Waals surface area (Å²) in [7, 11) is 0. The number of halogens is 3. The molecule has 4 atom stereocenters. The van der Waals surface area contributed by atoms with E-state index in [9.17, 15) is 18.0 Å². The first-order valence-corrected chi connectivity index (χ1v) is 8.79. The molecule has 1 aromatic carbocycles. The maximum absolute atomic E-state index is 12.7. The first kappa shape index (κ1) is 21.5. The molecule has 1 aliphatic rings. The van der Waals surface area contributed by atoms with Crippen LogP contribution in [0.2, 0.25) is 0 Å². The third-order valence-corrected chi connectivity index (χ3v) is 4.06. The van der Waals surface area contributed by atoms with Crippen LogP contribution in [-0.4, -0.2) is 50.1 Å². The molecule has 6 nitrogen and oxygen atoms in total. The van der Waals surface area contributed by atoms with Crippen LogP contribution in [0.25, 0.3) is 0 Å². The van der Waals surface area contributed by atoms with Crippen LogP contribution < -0.4 is 10.5 Å². The molecule has 0 bridgehead atoms. The molecule has 0 aliphatic carbocycles. The lowest BCUT2D eigenvalue weighted by molar-refractivity contribution is -0.415. The Hall–Kier alpha value is -1.84. The number of quaternary nitrogens is 1. The summed E-state index contributed by atoms with van der Waals surface area (Å²) in [5.74, 6) is -0.314. The highest BCUT2D eigenvalue weighted by molar-refractivity contribution is 5.74. The molecular formula is C18H25F3NO5+. The highest BCUT2D eigenvalue weighted by atomic mass is 19.4. The maximum atomic E-state index is 12.7. The molecule has 152 valence electrons. The quantitative estimate of drug-likeness (QED) is 0.773. The summed E-state index contributed by atoms with van der Waals surface area (Å²) < 4.78 is 60.7. The van der Waals surface area contributed by atoms with Crippen molar-refractivity contribution in [1.82, 2.24) is 0 Å². The number of benzene rings is 1. The van der Waals surface area contributed by atoms with Crippen LogP contribution in [0.1, 0.15) is 25.8 Å². The zero-order valence-corrected chi connectivity index (χ0v) is 15.3. The second kappa shape index (κ2) is 9.38. The van der Waals surface area contributed by atoms with E-state index in [0.29, 0.717) is 6.61 Å².